The van der Waals surface area contributed by atoms with Gasteiger partial charge < -0.3 is 20.1 Å². The van der Waals surface area contributed by atoms with Crippen molar-refractivity contribution in [3.8, 4) is 11.5 Å². The van der Waals surface area contributed by atoms with E-state index in [9.17, 15) is 4.79 Å². The minimum atomic E-state index is -0.270. The van der Waals surface area contributed by atoms with Crippen molar-refractivity contribution in [3.63, 3.8) is 0 Å². The van der Waals surface area contributed by atoms with E-state index in [1.807, 2.05) is 6.07 Å². The first-order valence-electron chi connectivity index (χ1n) is 8.88. The Morgan fingerprint density at radius 3 is 2.36 bits per heavy atom. The molecule has 0 aliphatic carbocycles. The van der Waals surface area contributed by atoms with Gasteiger partial charge in [-0.2, -0.15) is 0 Å². The van der Waals surface area contributed by atoms with Crippen LogP contribution < -0.4 is 20.1 Å². The number of hydrogen-bond donors (Lipinski definition) is 2. The number of methoxy groups -OCH3 is 2. The topological polar surface area (TPSA) is 72.5 Å². The minimum Gasteiger partial charge on any atom is -0.493 e. The van der Waals surface area contributed by atoms with Crippen LogP contribution in [0.5, 0.6) is 11.5 Å². The number of benzene rings is 2. The van der Waals surface area contributed by atoms with Crippen molar-refractivity contribution in [2.75, 3.05) is 24.9 Å². The third-order valence-electron chi connectivity index (χ3n) is 4.27. The van der Waals surface area contributed by atoms with Crippen LogP contribution in [0, 0.1) is 6.92 Å². The summed E-state index contributed by atoms with van der Waals surface area (Å²) in [6.07, 6.45) is 1.69. The quantitative estimate of drug-likeness (QED) is 0.643. The first-order valence-corrected chi connectivity index (χ1v) is 8.88. The highest BCUT2D eigenvalue weighted by Crippen LogP contribution is 2.27. The number of nitrogens with one attached hydrogen (secondary N) is 2. The molecule has 0 unspecified atom stereocenters. The van der Waals surface area contributed by atoms with Crippen LogP contribution in [0.2, 0.25) is 0 Å². The fourth-order valence-electron chi connectivity index (χ4n) is 2.65. The standard InChI is InChI=1S/C22H23N3O3/c1-15-4-6-16(7-5-15)13-23-18-9-11-21(24-14-18)25-22(26)17-8-10-19(27-2)20(12-17)28-3/h4-12,14,23H,13H2,1-3H3,(H,24,25,26). The third kappa shape index (κ3) is 4.79. The summed E-state index contributed by atoms with van der Waals surface area (Å²) >= 11 is 0. The molecule has 0 saturated heterocycles. The molecular weight excluding hydrogens is 354 g/mol. The summed E-state index contributed by atoms with van der Waals surface area (Å²) in [6, 6.07) is 17.0. The molecule has 0 saturated carbocycles. The lowest BCUT2D eigenvalue weighted by molar-refractivity contribution is 0.102. The Bertz CT molecular complexity index is 938. The second-order valence-corrected chi connectivity index (χ2v) is 6.30. The Morgan fingerprint density at radius 2 is 1.71 bits per heavy atom. The molecule has 6 heteroatoms. The molecule has 0 aliphatic heterocycles. The van der Waals surface area contributed by atoms with Crippen LogP contribution in [-0.2, 0) is 6.54 Å². The fraction of sp³-hybridized carbons (Fsp3) is 0.182. The van der Waals surface area contributed by atoms with Gasteiger partial charge in [0.25, 0.3) is 5.91 Å². The number of ether oxygens (including phenoxy) is 2. The molecule has 3 aromatic rings. The van der Waals surface area contributed by atoms with Crippen LogP contribution in [0.1, 0.15) is 21.5 Å². The molecule has 0 spiro atoms. The Balaban J connectivity index is 1.60. The number of nitrogens with zero attached hydrogens (tertiary/aromatic N) is 1. The second-order valence-electron chi connectivity index (χ2n) is 6.30. The molecule has 1 amide bonds. The Morgan fingerprint density at radius 1 is 0.964 bits per heavy atom. The van der Waals surface area contributed by atoms with Crippen LogP contribution in [-0.4, -0.2) is 25.1 Å². The number of carbonyl (C=O) groups is 1. The van der Waals surface area contributed by atoms with Gasteiger partial charge in [-0.15, -0.1) is 0 Å². The Hall–Kier alpha value is -3.54. The molecule has 0 atom stereocenters. The van der Waals surface area contributed by atoms with Crippen LogP contribution in [0.25, 0.3) is 0 Å². The predicted octanol–water partition coefficient (Wildman–Crippen LogP) is 4.27. The van der Waals surface area contributed by atoms with Gasteiger partial charge in [0.15, 0.2) is 11.5 Å². The molecule has 28 heavy (non-hydrogen) atoms. The van der Waals surface area contributed by atoms with E-state index in [2.05, 4.69) is 46.8 Å². The lowest BCUT2D eigenvalue weighted by Gasteiger charge is -2.10. The van der Waals surface area contributed by atoms with Crippen molar-refractivity contribution in [2.45, 2.75) is 13.5 Å². The highest BCUT2D eigenvalue weighted by molar-refractivity contribution is 6.04. The molecule has 144 valence electrons. The molecular formula is C22H23N3O3. The molecule has 3 rings (SSSR count). The number of anilines is 2. The molecule has 6 nitrogen and oxygen atoms in total. The number of aryl methyl sites for hydroxylation is 1. The first kappa shape index (κ1) is 19.2. The number of rotatable bonds is 7. The summed E-state index contributed by atoms with van der Waals surface area (Å²) in [5.41, 5.74) is 3.77. The van der Waals surface area contributed by atoms with Gasteiger partial charge in [-0.05, 0) is 42.8 Å². The number of carbonyl (C=O) groups excluding carboxylic acids is 1. The lowest BCUT2D eigenvalue weighted by Crippen LogP contribution is -2.13. The average molecular weight is 377 g/mol. The molecule has 0 fully saturated rings. The molecule has 0 aliphatic rings. The average Bonchev–Trinajstić information content (AvgIpc) is 2.73. The van der Waals surface area contributed by atoms with Crippen molar-refractivity contribution in [1.29, 1.82) is 0 Å². The van der Waals surface area contributed by atoms with E-state index in [0.717, 1.165) is 5.69 Å². The molecule has 0 radical (unpaired) electrons. The van der Waals surface area contributed by atoms with Gasteiger partial charge in [0, 0.05) is 12.1 Å². The summed E-state index contributed by atoms with van der Waals surface area (Å²) in [5.74, 6) is 1.27. The summed E-state index contributed by atoms with van der Waals surface area (Å²) < 4.78 is 10.4. The molecule has 1 aromatic heterocycles. The van der Waals surface area contributed by atoms with Crippen molar-refractivity contribution < 1.29 is 14.3 Å². The van der Waals surface area contributed by atoms with E-state index < -0.39 is 0 Å². The van der Waals surface area contributed by atoms with E-state index in [-0.39, 0.29) is 5.91 Å². The summed E-state index contributed by atoms with van der Waals surface area (Å²) in [5, 5.41) is 6.09. The Kier molecular flexibility index (Phi) is 6.11. The third-order valence-corrected chi connectivity index (χ3v) is 4.27. The highest BCUT2D eigenvalue weighted by Gasteiger charge is 2.11. The van der Waals surface area contributed by atoms with Crippen molar-refractivity contribution in [2.24, 2.45) is 0 Å². The van der Waals surface area contributed by atoms with Crippen LogP contribution in [0.3, 0.4) is 0 Å². The number of aromatic nitrogens is 1. The molecule has 2 N–H and O–H groups in total. The van der Waals surface area contributed by atoms with Crippen molar-refractivity contribution in [3.05, 3.63) is 77.5 Å². The van der Waals surface area contributed by atoms with E-state index in [1.165, 1.54) is 18.2 Å². The SMILES string of the molecule is COc1ccc(C(=O)Nc2ccc(NCc3ccc(C)cc3)cn2)cc1OC. The van der Waals surface area contributed by atoms with Crippen LogP contribution >= 0.6 is 0 Å². The van der Waals surface area contributed by atoms with E-state index in [1.54, 1.807) is 37.6 Å². The molecule has 1 heterocycles. The minimum absolute atomic E-state index is 0.270. The lowest BCUT2D eigenvalue weighted by atomic mass is 10.1. The van der Waals surface area contributed by atoms with E-state index in [4.69, 9.17) is 9.47 Å². The van der Waals surface area contributed by atoms with Gasteiger partial charge in [0.1, 0.15) is 5.82 Å². The van der Waals surface area contributed by atoms with Gasteiger partial charge in [0.2, 0.25) is 0 Å². The summed E-state index contributed by atoms with van der Waals surface area (Å²) in [6.45, 7) is 2.77. The first-order chi connectivity index (χ1) is 13.6. The van der Waals surface area contributed by atoms with E-state index >= 15 is 0 Å². The largest absolute Gasteiger partial charge is 0.493 e. The zero-order valence-electron chi connectivity index (χ0n) is 16.2. The number of amides is 1. The zero-order valence-corrected chi connectivity index (χ0v) is 16.2. The monoisotopic (exact) mass is 377 g/mol. The second kappa shape index (κ2) is 8.90. The van der Waals surface area contributed by atoms with Gasteiger partial charge >= 0.3 is 0 Å². The Labute approximate surface area is 164 Å². The number of hydrogen-bond acceptors (Lipinski definition) is 5. The fourth-order valence-corrected chi connectivity index (χ4v) is 2.65. The maximum atomic E-state index is 12.4. The van der Waals surface area contributed by atoms with Crippen LogP contribution in [0.4, 0.5) is 11.5 Å². The highest BCUT2D eigenvalue weighted by atomic mass is 16.5. The maximum Gasteiger partial charge on any atom is 0.256 e. The van der Waals surface area contributed by atoms with Crippen molar-refractivity contribution in [1.82, 2.24) is 4.98 Å². The van der Waals surface area contributed by atoms with Crippen LogP contribution in [0.15, 0.2) is 60.8 Å². The van der Waals surface area contributed by atoms with Gasteiger partial charge in [-0.1, -0.05) is 29.8 Å². The summed E-state index contributed by atoms with van der Waals surface area (Å²) in [7, 11) is 3.08. The summed E-state index contributed by atoms with van der Waals surface area (Å²) in [4.78, 5) is 16.7. The van der Waals surface area contributed by atoms with Gasteiger partial charge in [0.05, 0.1) is 26.1 Å². The smallest absolute Gasteiger partial charge is 0.256 e. The van der Waals surface area contributed by atoms with Crippen molar-refractivity contribution >= 4 is 17.4 Å². The molecule has 2 aromatic carbocycles. The van der Waals surface area contributed by atoms with E-state index in [0.29, 0.717) is 29.4 Å². The van der Waals surface area contributed by atoms with Gasteiger partial charge in [-0.25, -0.2) is 4.98 Å². The maximum absolute atomic E-state index is 12.4. The van der Waals surface area contributed by atoms with Gasteiger partial charge in [-0.3, -0.25) is 4.79 Å². The normalized spacial score (nSPS) is 10.2. The predicted molar refractivity (Wildman–Crippen MR) is 110 cm³/mol. The molecule has 0 bridgehead atoms. The zero-order chi connectivity index (χ0) is 19.9. The number of pyridine rings is 1.